The van der Waals surface area contributed by atoms with Gasteiger partial charge in [-0.25, -0.2) is 9.97 Å². The van der Waals surface area contributed by atoms with Crippen LogP contribution in [-0.4, -0.2) is 29.2 Å². The van der Waals surface area contributed by atoms with Crippen molar-refractivity contribution in [2.24, 2.45) is 0 Å². The van der Waals surface area contributed by atoms with Gasteiger partial charge < -0.3 is 10.1 Å². The number of nitrogens with one attached hydrogen (secondary N) is 1. The molecule has 1 aliphatic rings. The minimum absolute atomic E-state index is 0.0105. The van der Waals surface area contributed by atoms with E-state index in [0.29, 0.717) is 12.6 Å². The van der Waals surface area contributed by atoms with Crippen LogP contribution in [0.4, 0.5) is 0 Å². The zero-order chi connectivity index (χ0) is 13.0. The summed E-state index contributed by atoms with van der Waals surface area (Å²) >= 11 is 0. The van der Waals surface area contributed by atoms with Gasteiger partial charge in [0.2, 0.25) is 0 Å². The third-order valence-corrected chi connectivity index (χ3v) is 3.16. The van der Waals surface area contributed by atoms with Gasteiger partial charge in [-0.2, -0.15) is 0 Å². The quantitative estimate of drug-likeness (QED) is 0.893. The third-order valence-electron chi connectivity index (χ3n) is 3.16. The van der Waals surface area contributed by atoms with Gasteiger partial charge in [-0.15, -0.1) is 0 Å². The second kappa shape index (κ2) is 5.65. The molecule has 0 spiro atoms. The molecule has 1 aliphatic heterocycles. The monoisotopic (exact) mass is 249 g/mol. The first kappa shape index (κ1) is 13.3. The molecule has 0 aromatic carbocycles. The van der Waals surface area contributed by atoms with Gasteiger partial charge >= 0.3 is 0 Å². The highest BCUT2D eigenvalue weighted by molar-refractivity contribution is 5.15. The van der Waals surface area contributed by atoms with Crippen LogP contribution in [-0.2, 0) is 5.41 Å². The summed E-state index contributed by atoms with van der Waals surface area (Å²) in [5, 5.41) is 3.46. The molecule has 0 bridgehead atoms. The van der Waals surface area contributed by atoms with Crippen molar-refractivity contribution in [3.8, 4) is 5.75 Å². The molecular weight excluding hydrogens is 226 g/mol. The summed E-state index contributed by atoms with van der Waals surface area (Å²) in [5.74, 6) is 1.61. The van der Waals surface area contributed by atoms with Gasteiger partial charge in [-0.1, -0.05) is 27.2 Å². The fourth-order valence-electron chi connectivity index (χ4n) is 2.04. The molecule has 1 N–H and O–H groups in total. The van der Waals surface area contributed by atoms with E-state index in [1.165, 1.54) is 19.3 Å². The first-order valence-corrected chi connectivity index (χ1v) is 6.74. The highest BCUT2D eigenvalue weighted by Crippen LogP contribution is 2.19. The molecule has 0 saturated carbocycles. The largest absolute Gasteiger partial charge is 0.489 e. The predicted octanol–water partition coefficient (Wildman–Crippen LogP) is 2.29. The van der Waals surface area contributed by atoms with Crippen LogP contribution in [0.2, 0.25) is 0 Å². The maximum Gasteiger partial charge on any atom is 0.155 e. The molecule has 4 heteroatoms. The maximum atomic E-state index is 5.73. The Morgan fingerprint density at radius 3 is 2.56 bits per heavy atom. The van der Waals surface area contributed by atoms with Crippen molar-refractivity contribution in [3.63, 3.8) is 0 Å². The van der Waals surface area contributed by atoms with E-state index in [2.05, 4.69) is 36.1 Å². The van der Waals surface area contributed by atoms with E-state index in [1.807, 2.05) is 0 Å². The maximum absolute atomic E-state index is 5.73. The van der Waals surface area contributed by atoms with Crippen molar-refractivity contribution in [2.75, 3.05) is 13.2 Å². The molecular formula is C14H23N3O. The van der Waals surface area contributed by atoms with Crippen molar-refractivity contribution in [1.29, 1.82) is 0 Å². The summed E-state index contributed by atoms with van der Waals surface area (Å²) in [5.41, 5.74) is -0.0105. The molecule has 1 saturated heterocycles. The van der Waals surface area contributed by atoms with Crippen molar-refractivity contribution < 1.29 is 4.74 Å². The van der Waals surface area contributed by atoms with Crippen molar-refractivity contribution >= 4 is 0 Å². The highest BCUT2D eigenvalue weighted by Gasteiger charge is 2.17. The lowest BCUT2D eigenvalue weighted by Crippen LogP contribution is -2.38. The molecule has 1 unspecified atom stereocenters. The van der Waals surface area contributed by atoms with Gasteiger partial charge in [0.25, 0.3) is 0 Å². The summed E-state index contributed by atoms with van der Waals surface area (Å²) in [7, 11) is 0. The number of ether oxygens (including phenoxy) is 1. The van der Waals surface area contributed by atoms with Crippen LogP contribution in [0.3, 0.4) is 0 Å². The first-order valence-electron chi connectivity index (χ1n) is 6.74. The first-order chi connectivity index (χ1) is 8.55. The van der Waals surface area contributed by atoms with Crippen molar-refractivity contribution in [1.82, 2.24) is 15.3 Å². The summed E-state index contributed by atoms with van der Waals surface area (Å²) < 4.78 is 5.73. The minimum Gasteiger partial charge on any atom is -0.489 e. The average Bonchev–Trinajstić information content (AvgIpc) is 2.37. The van der Waals surface area contributed by atoms with Crippen molar-refractivity contribution in [2.45, 2.75) is 51.5 Å². The van der Waals surface area contributed by atoms with Gasteiger partial charge in [0.15, 0.2) is 5.75 Å². The Morgan fingerprint density at radius 1 is 1.28 bits per heavy atom. The van der Waals surface area contributed by atoms with Gasteiger partial charge in [-0.05, 0) is 19.4 Å². The Hall–Kier alpha value is -1.16. The molecule has 0 amide bonds. The molecule has 0 radical (unpaired) electrons. The van der Waals surface area contributed by atoms with E-state index in [-0.39, 0.29) is 5.41 Å². The summed E-state index contributed by atoms with van der Waals surface area (Å²) in [6.45, 7) is 8.13. The number of piperidine rings is 1. The third kappa shape index (κ3) is 3.67. The SMILES string of the molecule is CC(C)(C)c1ncc(OCC2CCCCN2)cn1. The average molecular weight is 249 g/mol. The molecule has 1 aromatic rings. The fourth-order valence-corrected chi connectivity index (χ4v) is 2.04. The number of rotatable bonds is 3. The van der Waals surface area contributed by atoms with E-state index in [4.69, 9.17) is 4.74 Å². The Bertz CT molecular complexity index is 364. The van der Waals surface area contributed by atoms with E-state index in [0.717, 1.165) is 18.1 Å². The summed E-state index contributed by atoms with van der Waals surface area (Å²) in [4.78, 5) is 8.71. The second-order valence-corrected chi connectivity index (χ2v) is 5.95. The lowest BCUT2D eigenvalue weighted by molar-refractivity contribution is 0.237. The fraction of sp³-hybridized carbons (Fsp3) is 0.714. The molecule has 100 valence electrons. The van der Waals surface area contributed by atoms with E-state index in [9.17, 15) is 0 Å². The van der Waals surface area contributed by atoms with Crippen LogP contribution in [0.1, 0.15) is 45.9 Å². The second-order valence-electron chi connectivity index (χ2n) is 5.95. The van der Waals surface area contributed by atoms with E-state index < -0.39 is 0 Å². The summed E-state index contributed by atoms with van der Waals surface area (Å²) in [6.07, 6.45) is 7.31. The van der Waals surface area contributed by atoms with Gasteiger partial charge in [-0.3, -0.25) is 0 Å². The number of nitrogens with zero attached hydrogens (tertiary/aromatic N) is 2. The standard InChI is InChI=1S/C14H23N3O/c1-14(2,3)13-16-8-12(9-17-13)18-10-11-6-4-5-7-15-11/h8-9,11,15H,4-7,10H2,1-3H3. The number of aromatic nitrogens is 2. The van der Waals surface area contributed by atoms with Gasteiger partial charge in [0.1, 0.15) is 12.4 Å². The van der Waals surface area contributed by atoms with Crippen molar-refractivity contribution in [3.05, 3.63) is 18.2 Å². The van der Waals surface area contributed by atoms with Crippen LogP contribution in [0.15, 0.2) is 12.4 Å². The predicted molar refractivity (Wildman–Crippen MR) is 71.9 cm³/mol. The highest BCUT2D eigenvalue weighted by atomic mass is 16.5. The molecule has 1 fully saturated rings. The zero-order valence-corrected chi connectivity index (χ0v) is 11.6. The number of hydrogen-bond acceptors (Lipinski definition) is 4. The molecule has 4 nitrogen and oxygen atoms in total. The van der Waals surface area contributed by atoms with Crippen LogP contribution in [0.5, 0.6) is 5.75 Å². The van der Waals surface area contributed by atoms with E-state index in [1.54, 1.807) is 12.4 Å². The zero-order valence-electron chi connectivity index (χ0n) is 11.6. The topological polar surface area (TPSA) is 47.0 Å². The molecule has 0 aliphatic carbocycles. The van der Waals surface area contributed by atoms with Crippen LogP contribution in [0.25, 0.3) is 0 Å². The molecule has 1 aromatic heterocycles. The number of hydrogen-bond donors (Lipinski definition) is 1. The van der Waals surface area contributed by atoms with Crippen LogP contribution >= 0.6 is 0 Å². The normalized spacial score (nSPS) is 20.7. The summed E-state index contributed by atoms with van der Waals surface area (Å²) in [6, 6.07) is 0.473. The molecule has 2 rings (SSSR count). The lowest BCUT2D eigenvalue weighted by atomic mass is 9.96. The molecule has 1 atom stereocenters. The Morgan fingerprint density at radius 2 is 2.00 bits per heavy atom. The van der Waals surface area contributed by atoms with Gasteiger partial charge in [0, 0.05) is 11.5 Å². The minimum atomic E-state index is -0.0105. The molecule has 2 heterocycles. The van der Waals surface area contributed by atoms with E-state index >= 15 is 0 Å². The van der Waals surface area contributed by atoms with Crippen LogP contribution < -0.4 is 10.1 Å². The Balaban J connectivity index is 1.86. The van der Waals surface area contributed by atoms with Crippen LogP contribution in [0, 0.1) is 0 Å². The van der Waals surface area contributed by atoms with Gasteiger partial charge in [0.05, 0.1) is 12.4 Å². The lowest BCUT2D eigenvalue weighted by Gasteiger charge is -2.23. The smallest absolute Gasteiger partial charge is 0.155 e. The Labute approximate surface area is 109 Å². The molecule has 18 heavy (non-hydrogen) atoms. The Kier molecular flexibility index (Phi) is 4.17.